The number of ether oxygens (including phenoxy) is 1. The van der Waals surface area contributed by atoms with Crippen LogP contribution in [0.5, 0.6) is 5.75 Å². The van der Waals surface area contributed by atoms with Gasteiger partial charge < -0.3 is 15.4 Å². The molecular weight excluding hydrogens is 290 g/mol. The van der Waals surface area contributed by atoms with Crippen molar-refractivity contribution in [3.05, 3.63) is 53.3 Å². The Bertz CT molecular complexity index is 605. The Hall–Kier alpha value is -2.27. The lowest BCUT2D eigenvalue weighted by atomic mass is 10.2. The molecule has 0 bridgehead atoms. The summed E-state index contributed by atoms with van der Waals surface area (Å²) in [6, 6.07) is 8.91. The zero-order valence-electron chi connectivity index (χ0n) is 11.6. The van der Waals surface area contributed by atoms with E-state index in [1.807, 2.05) is 12.1 Å². The number of aromatic nitrogens is 1. The van der Waals surface area contributed by atoms with E-state index in [0.29, 0.717) is 23.0 Å². The highest BCUT2D eigenvalue weighted by Gasteiger charge is 2.06. The van der Waals surface area contributed by atoms with Crippen LogP contribution in [0.4, 0.5) is 5.69 Å². The highest BCUT2D eigenvalue weighted by Crippen LogP contribution is 2.27. The summed E-state index contributed by atoms with van der Waals surface area (Å²) >= 11 is 5.93. The molecule has 1 heterocycles. The number of nitrogens with one attached hydrogen (secondary N) is 2. The molecule has 0 aliphatic heterocycles. The number of pyridine rings is 1. The number of nitrogens with zero attached hydrogens (tertiary/aromatic N) is 1. The van der Waals surface area contributed by atoms with E-state index in [4.69, 9.17) is 16.3 Å². The van der Waals surface area contributed by atoms with Crippen LogP contribution in [-0.2, 0) is 11.3 Å². The molecule has 110 valence electrons. The first-order chi connectivity index (χ1) is 10.2. The van der Waals surface area contributed by atoms with Crippen molar-refractivity contribution in [3.63, 3.8) is 0 Å². The van der Waals surface area contributed by atoms with Crippen LogP contribution in [0, 0.1) is 0 Å². The first-order valence-electron chi connectivity index (χ1n) is 6.42. The molecule has 1 amide bonds. The minimum Gasteiger partial charge on any atom is -0.495 e. The number of benzene rings is 1. The Labute approximate surface area is 128 Å². The average molecular weight is 306 g/mol. The first-order valence-corrected chi connectivity index (χ1v) is 6.80. The molecule has 2 rings (SSSR count). The van der Waals surface area contributed by atoms with Gasteiger partial charge in [0.05, 0.1) is 19.3 Å². The lowest BCUT2D eigenvalue weighted by Gasteiger charge is -2.11. The minimum absolute atomic E-state index is 0.117. The van der Waals surface area contributed by atoms with Gasteiger partial charge in [0.15, 0.2) is 0 Å². The van der Waals surface area contributed by atoms with Gasteiger partial charge >= 0.3 is 0 Å². The molecule has 6 heteroatoms. The van der Waals surface area contributed by atoms with Crippen molar-refractivity contribution in [1.29, 1.82) is 0 Å². The number of hydrogen-bond acceptors (Lipinski definition) is 4. The lowest BCUT2D eigenvalue weighted by Crippen LogP contribution is -2.29. The predicted octanol–water partition coefficient (Wildman–Crippen LogP) is 2.47. The summed E-state index contributed by atoms with van der Waals surface area (Å²) in [6.07, 6.45) is 3.38. The summed E-state index contributed by atoms with van der Waals surface area (Å²) in [7, 11) is 1.57. The SMILES string of the molecule is COc1ccc(Cl)cc1NCC(=O)NCc1ccncc1. The molecular formula is C15H16ClN3O2. The fourth-order valence-electron chi connectivity index (χ4n) is 1.76. The van der Waals surface area contributed by atoms with Crippen LogP contribution in [0.3, 0.4) is 0 Å². The molecule has 21 heavy (non-hydrogen) atoms. The summed E-state index contributed by atoms with van der Waals surface area (Å²) in [4.78, 5) is 15.7. The lowest BCUT2D eigenvalue weighted by molar-refractivity contribution is -0.119. The molecule has 5 nitrogen and oxygen atoms in total. The van der Waals surface area contributed by atoms with E-state index in [-0.39, 0.29) is 12.5 Å². The van der Waals surface area contributed by atoms with E-state index in [9.17, 15) is 4.79 Å². The van der Waals surface area contributed by atoms with Crippen LogP contribution < -0.4 is 15.4 Å². The molecule has 0 radical (unpaired) electrons. The molecule has 1 aromatic carbocycles. The van der Waals surface area contributed by atoms with Crippen molar-refractivity contribution in [2.75, 3.05) is 19.0 Å². The van der Waals surface area contributed by atoms with Gasteiger partial charge in [0.25, 0.3) is 0 Å². The molecule has 0 saturated heterocycles. The minimum atomic E-state index is -0.117. The quantitative estimate of drug-likeness (QED) is 0.860. The Morgan fingerprint density at radius 3 is 2.76 bits per heavy atom. The van der Waals surface area contributed by atoms with Gasteiger partial charge in [0, 0.05) is 24.0 Å². The smallest absolute Gasteiger partial charge is 0.239 e. The fourth-order valence-corrected chi connectivity index (χ4v) is 1.93. The number of amides is 1. The van der Waals surface area contributed by atoms with Gasteiger partial charge in [-0.15, -0.1) is 0 Å². The summed E-state index contributed by atoms with van der Waals surface area (Å²) in [5.74, 6) is 0.523. The van der Waals surface area contributed by atoms with Crippen LogP contribution >= 0.6 is 11.6 Å². The number of anilines is 1. The van der Waals surface area contributed by atoms with Gasteiger partial charge in [0.2, 0.25) is 5.91 Å². The second-order valence-electron chi connectivity index (χ2n) is 4.33. The van der Waals surface area contributed by atoms with E-state index in [1.54, 1.807) is 37.7 Å². The van der Waals surface area contributed by atoms with Crippen LogP contribution in [0.15, 0.2) is 42.7 Å². The molecule has 0 atom stereocenters. The molecule has 2 aromatic rings. The first kappa shape index (κ1) is 15.1. The third kappa shape index (κ3) is 4.65. The normalized spacial score (nSPS) is 10.0. The maximum Gasteiger partial charge on any atom is 0.239 e. The van der Waals surface area contributed by atoms with Gasteiger partial charge in [-0.3, -0.25) is 9.78 Å². The van der Waals surface area contributed by atoms with Gasteiger partial charge in [0.1, 0.15) is 5.75 Å². The van der Waals surface area contributed by atoms with Crippen LogP contribution in [0.1, 0.15) is 5.56 Å². The maximum absolute atomic E-state index is 11.8. The maximum atomic E-state index is 11.8. The van der Waals surface area contributed by atoms with E-state index in [2.05, 4.69) is 15.6 Å². The summed E-state index contributed by atoms with van der Waals surface area (Å²) < 4.78 is 5.20. The fraction of sp³-hybridized carbons (Fsp3) is 0.200. The molecule has 0 saturated carbocycles. The third-order valence-corrected chi connectivity index (χ3v) is 3.08. The predicted molar refractivity (Wildman–Crippen MR) is 82.6 cm³/mol. The zero-order valence-corrected chi connectivity index (χ0v) is 12.4. The molecule has 0 unspecified atom stereocenters. The Morgan fingerprint density at radius 1 is 1.29 bits per heavy atom. The van der Waals surface area contributed by atoms with Gasteiger partial charge in [-0.1, -0.05) is 11.6 Å². The molecule has 0 aliphatic rings. The number of rotatable bonds is 6. The molecule has 0 fully saturated rings. The topological polar surface area (TPSA) is 63.2 Å². The number of carbonyl (C=O) groups excluding carboxylic acids is 1. The molecule has 0 spiro atoms. The van der Waals surface area contributed by atoms with Crippen LogP contribution in [0.2, 0.25) is 5.02 Å². The van der Waals surface area contributed by atoms with Gasteiger partial charge in [-0.2, -0.15) is 0 Å². The van der Waals surface area contributed by atoms with Gasteiger partial charge in [-0.05, 0) is 35.9 Å². The largest absolute Gasteiger partial charge is 0.495 e. The van der Waals surface area contributed by atoms with Crippen molar-refractivity contribution in [1.82, 2.24) is 10.3 Å². The van der Waals surface area contributed by atoms with Crippen LogP contribution in [0.25, 0.3) is 0 Å². The Kier molecular flexibility index (Phi) is 5.40. The van der Waals surface area contributed by atoms with E-state index >= 15 is 0 Å². The highest BCUT2D eigenvalue weighted by molar-refractivity contribution is 6.30. The van der Waals surface area contributed by atoms with Crippen molar-refractivity contribution in [2.45, 2.75) is 6.54 Å². The summed E-state index contributed by atoms with van der Waals surface area (Å²) in [5.41, 5.74) is 1.68. The van der Waals surface area contributed by atoms with Gasteiger partial charge in [-0.25, -0.2) is 0 Å². The van der Waals surface area contributed by atoms with Crippen LogP contribution in [-0.4, -0.2) is 24.5 Å². The number of hydrogen-bond donors (Lipinski definition) is 2. The van der Waals surface area contributed by atoms with E-state index < -0.39 is 0 Å². The highest BCUT2D eigenvalue weighted by atomic mass is 35.5. The second-order valence-corrected chi connectivity index (χ2v) is 4.77. The monoisotopic (exact) mass is 305 g/mol. The zero-order chi connectivity index (χ0) is 15.1. The average Bonchev–Trinajstić information content (AvgIpc) is 2.52. The second kappa shape index (κ2) is 7.50. The number of halogens is 1. The van der Waals surface area contributed by atoms with Crippen molar-refractivity contribution in [3.8, 4) is 5.75 Å². The molecule has 1 aromatic heterocycles. The standard InChI is InChI=1S/C15H16ClN3O2/c1-21-14-3-2-12(16)8-13(14)18-10-15(20)19-9-11-4-6-17-7-5-11/h2-8,18H,9-10H2,1H3,(H,19,20). The molecule has 2 N–H and O–H groups in total. The summed E-state index contributed by atoms with van der Waals surface area (Å²) in [5, 5.41) is 6.40. The van der Waals surface area contributed by atoms with Crippen molar-refractivity contribution in [2.24, 2.45) is 0 Å². The van der Waals surface area contributed by atoms with E-state index in [1.165, 1.54) is 0 Å². The Balaban J connectivity index is 1.85. The number of carbonyl (C=O) groups is 1. The summed E-state index contributed by atoms with van der Waals surface area (Å²) in [6.45, 7) is 0.609. The van der Waals surface area contributed by atoms with Crippen molar-refractivity contribution >= 4 is 23.2 Å². The van der Waals surface area contributed by atoms with E-state index in [0.717, 1.165) is 5.56 Å². The number of methoxy groups -OCH3 is 1. The third-order valence-electron chi connectivity index (χ3n) is 2.84. The Morgan fingerprint density at radius 2 is 2.05 bits per heavy atom. The van der Waals surface area contributed by atoms with Crippen molar-refractivity contribution < 1.29 is 9.53 Å². The molecule has 0 aliphatic carbocycles.